The van der Waals surface area contributed by atoms with Crippen LogP contribution in [-0.4, -0.2) is 20.6 Å². The molecule has 0 bridgehead atoms. The molecule has 118 valence electrons. The minimum absolute atomic E-state index is 0.0409. The van der Waals surface area contributed by atoms with Crippen molar-refractivity contribution in [2.24, 2.45) is 5.92 Å². The number of nitrogens with one attached hydrogen (secondary N) is 1. The van der Waals surface area contributed by atoms with Gasteiger partial charge in [0, 0.05) is 10.5 Å². The van der Waals surface area contributed by atoms with Crippen molar-refractivity contribution in [1.29, 1.82) is 0 Å². The van der Waals surface area contributed by atoms with Crippen molar-refractivity contribution < 1.29 is 21.6 Å². The molecule has 1 saturated carbocycles. The van der Waals surface area contributed by atoms with E-state index in [4.69, 9.17) is 0 Å². The molecule has 0 saturated heterocycles. The second-order valence-corrected chi connectivity index (χ2v) is 7.69. The zero-order chi connectivity index (χ0) is 15.7. The second kappa shape index (κ2) is 6.26. The molecule has 1 N–H and O–H groups in total. The Kier molecular flexibility index (Phi) is 4.99. The predicted molar refractivity (Wildman–Crippen MR) is 76.3 cm³/mol. The van der Waals surface area contributed by atoms with Crippen LogP contribution in [0.2, 0.25) is 0 Å². The fraction of sp³-hybridized carbons (Fsp3) is 0.538. The summed E-state index contributed by atoms with van der Waals surface area (Å²) in [5, 5.41) is 0. The highest BCUT2D eigenvalue weighted by Crippen LogP contribution is 2.38. The molecule has 2 atom stereocenters. The number of hydrogen-bond donors (Lipinski definition) is 1. The number of rotatable bonds is 3. The molecule has 2 unspecified atom stereocenters. The van der Waals surface area contributed by atoms with E-state index in [2.05, 4.69) is 20.7 Å². The largest absolute Gasteiger partial charge is 0.391 e. The SMILES string of the molecule is O=S(=O)(NC1CCCC(C(F)(F)F)C1)c1ccccc1Br. The van der Waals surface area contributed by atoms with Crippen molar-refractivity contribution in [2.45, 2.75) is 42.8 Å². The molecule has 21 heavy (non-hydrogen) atoms. The maximum absolute atomic E-state index is 12.7. The second-order valence-electron chi connectivity index (χ2n) is 5.15. The van der Waals surface area contributed by atoms with Crippen LogP contribution in [0, 0.1) is 5.92 Å². The van der Waals surface area contributed by atoms with Crippen LogP contribution in [-0.2, 0) is 10.0 Å². The topological polar surface area (TPSA) is 46.2 Å². The smallest absolute Gasteiger partial charge is 0.208 e. The minimum atomic E-state index is -4.27. The van der Waals surface area contributed by atoms with Gasteiger partial charge in [-0.15, -0.1) is 0 Å². The first-order valence-corrected chi connectivity index (χ1v) is 8.81. The van der Waals surface area contributed by atoms with Gasteiger partial charge in [-0.2, -0.15) is 13.2 Å². The lowest BCUT2D eigenvalue weighted by atomic mass is 9.86. The first-order valence-electron chi connectivity index (χ1n) is 6.54. The van der Waals surface area contributed by atoms with Crippen LogP contribution in [0.1, 0.15) is 25.7 Å². The van der Waals surface area contributed by atoms with Gasteiger partial charge < -0.3 is 0 Å². The molecule has 1 aromatic rings. The first kappa shape index (κ1) is 16.8. The van der Waals surface area contributed by atoms with Crippen LogP contribution in [0.5, 0.6) is 0 Å². The van der Waals surface area contributed by atoms with Crippen LogP contribution in [0.4, 0.5) is 13.2 Å². The quantitative estimate of drug-likeness (QED) is 0.858. The Hall–Kier alpha value is -0.600. The van der Waals surface area contributed by atoms with E-state index >= 15 is 0 Å². The summed E-state index contributed by atoms with van der Waals surface area (Å²) >= 11 is 3.14. The predicted octanol–water partition coefficient (Wildman–Crippen LogP) is 3.85. The molecule has 0 aromatic heterocycles. The van der Waals surface area contributed by atoms with Crippen LogP contribution < -0.4 is 4.72 Å². The molecular weight excluding hydrogens is 371 g/mol. The van der Waals surface area contributed by atoms with Gasteiger partial charge in [0.1, 0.15) is 0 Å². The molecule has 0 amide bonds. The van der Waals surface area contributed by atoms with E-state index in [0.717, 1.165) is 0 Å². The van der Waals surface area contributed by atoms with Gasteiger partial charge in [0.25, 0.3) is 0 Å². The lowest BCUT2D eigenvalue weighted by Gasteiger charge is -2.30. The molecule has 0 aliphatic heterocycles. The monoisotopic (exact) mass is 385 g/mol. The third-order valence-electron chi connectivity index (χ3n) is 3.59. The van der Waals surface area contributed by atoms with Gasteiger partial charge >= 0.3 is 6.18 Å². The van der Waals surface area contributed by atoms with Crippen molar-refractivity contribution in [2.75, 3.05) is 0 Å². The zero-order valence-corrected chi connectivity index (χ0v) is 13.4. The van der Waals surface area contributed by atoms with E-state index in [1.165, 1.54) is 6.07 Å². The molecule has 0 radical (unpaired) electrons. The van der Waals surface area contributed by atoms with E-state index in [9.17, 15) is 21.6 Å². The van der Waals surface area contributed by atoms with Crippen LogP contribution in [0.3, 0.4) is 0 Å². The van der Waals surface area contributed by atoms with Crippen molar-refractivity contribution in [3.8, 4) is 0 Å². The summed E-state index contributed by atoms with van der Waals surface area (Å²) in [5.74, 6) is -1.43. The Labute approximate surface area is 130 Å². The van der Waals surface area contributed by atoms with Gasteiger partial charge in [-0.25, -0.2) is 13.1 Å². The lowest BCUT2D eigenvalue weighted by Crippen LogP contribution is -2.41. The summed E-state index contributed by atoms with van der Waals surface area (Å²) in [6.45, 7) is 0. The van der Waals surface area contributed by atoms with Gasteiger partial charge in [0.15, 0.2) is 0 Å². The third kappa shape index (κ3) is 4.20. The summed E-state index contributed by atoms with van der Waals surface area (Å²) in [4.78, 5) is 0.0409. The average molecular weight is 386 g/mol. The molecule has 0 heterocycles. The Balaban J connectivity index is 2.12. The van der Waals surface area contributed by atoms with Crippen molar-refractivity contribution in [3.05, 3.63) is 28.7 Å². The molecule has 1 aromatic carbocycles. The summed E-state index contributed by atoms with van der Waals surface area (Å²) in [6, 6.07) is 5.55. The molecule has 1 fully saturated rings. The molecule has 3 nitrogen and oxygen atoms in total. The van der Waals surface area contributed by atoms with E-state index in [0.29, 0.717) is 17.3 Å². The highest BCUT2D eigenvalue weighted by Gasteiger charge is 2.42. The standard InChI is InChI=1S/C13H15BrF3NO2S/c14-11-6-1-2-7-12(11)21(19,20)18-10-5-3-4-9(8-10)13(15,16)17/h1-2,6-7,9-10,18H,3-5,8H2. The number of hydrogen-bond acceptors (Lipinski definition) is 2. The molecule has 1 aliphatic carbocycles. The Morgan fingerprint density at radius 2 is 1.86 bits per heavy atom. The fourth-order valence-corrected chi connectivity index (χ4v) is 4.83. The maximum atomic E-state index is 12.7. The fourth-order valence-electron chi connectivity index (χ4n) is 2.54. The van der Waals surface area contributed by atoms with Crippen LogP contribution >= 0.6 is 15.9 Å². The van der Waals surface area contributed by atoms with E-state index < -0.39 is 28.2 Å². The Morgan fingerprint density at radius 3 is 2.48 bits per heavy atom. The van der Waals surface area contributed by atoms with E-state index in [-0.39, 0.29) is 17.7 Å². The Morgan fingerprint density at radius 1 is 1.19 bits per heavy atom. The average Bonchev–Trinajstić information content (AvgIpc) is 2.37. The minimum Gasteiger partial charge on any atom is -0.208 e. The summed E-state index contributed by atoms with van der Waals surface area (Å²) < 4.78 is 65.5. The van der Waals surface area contributed by atoms with E-state index in [1.54, 1.807) is 18.2 Å². The van der Waals surface area contributed by atoms with Gasteiger partial charge in [-0.3, -0.25) is 0 Å². The molecule has 1 aliphatic rings. The zero-order valence-electron chi connectivity index (χ0n) is 11.0. The third-order valence-corrected chi connectivity index (χ3v) is 6.12. The lowest BCUT2D eigenvalue weighted by molar-refractivity contribution is -0.183. The van der Waals surface area contributed by atoms with Gasteiger partial charge in [0.05, 0.1) is 10.8 Å². The summed E-state index contributed by atoms with van der Waals surface area (Å²) in [6.07, 6.45) is -3.61. The molecule has 8 heteroatoms. The van der Waals surface area contributed by atoms with Gasteiger partial charge in [-0.1, -0.05) is 18.6 Å². The normalized spacial score (nSPS) is 24.0. The summed E-state index contributed by atoms with van der Waals surface area (Å²) in [7, 11) is -3.82. The highest BCUT2D eigenvalue weighted by atomic mass is 79.9. The molecule has 2 rings (SSSR count). The Bertz CT molecular complexity index is 604. The maximum Gasteiger partial charge on any atom is 0.391 e. The van der Waals surface area contributed by atoms with Gasteiger partial charge in [-0.05, 0) is 47.3 Å². The van der Waals surface area contributed by atoms with Crippen LogP contribution in [0.25, 0.3) is 0 Å². The summed E-state index contributed by atoms with van der Waals surface area (Å²) in [5.41, 5.74) is 0. The van der Waals surface area contributed by atoms with Crippen molar-refractivity contribution >= 4 is 26.0 Å². The number of sulfonamides is 1. The number of halogens is 4. The van der Waals surface area contributed by atoms with Crippen molar-refractivity contribution in [1.82, 2.24) is 4.72 Å². The van der Waals surface area contributed by atoms with Crippen LogP contribution in [0.15, 0.2) is 33.6 Å². The highest BCUT2D eigenvalue weighted by molar-refractivity contribution is 9.10. The number of alkyl halides is 3. The molecule has 0 spiro atoms. The van der Waals surface area contributed by atoms with E-state index in [1.807, 2.05) is 0 Å². The first-order chi connectivity index (χ1) is 9.70. The van der Waals surface area contributed by atoms with Crippen molar-refractivity contribution in [3.63, 3.8) is 0 Å². The molecular formula is C13H15BrF3NO2S. The number of benzene rings is 1. The van der Waals surface area contributed by atoms with Gasteiger partial charge in [0.2, 0.25) is 10.0 Å².